The number of rotatable bonds is 7. The molecule has 2 aromatic carbocycles. The summed E-state index contributed by atoms with van der Waals surface area (Å²) in [5, 5.41) is 18.4. The molecule has 0 aliphatic rings. The lowest BCUT2D eigenvalue weighted by molar-refractivity contribution is -0.384. The van der Waals surface area contributed by atoms with E-state index in [0.717, 1.165) is 6.07 Å². The average Bonchev–Trinajstić information content (AvgIpc) is 2.67. The Balaban J connectivity index is 1.88. The second kappa shape index (κ2) is 9.09. The molecule has 0 heterocycles. The molecule has 0 aliphatic heterocycles. The van der Waals surface area contributed by atoms with Crippen LogP contribution in [0.2, 0.25) is 0 Å². The quantitative estimate of drug-likeness (QED) is 0.504. The van der Waals surface area contributed by atoms with Crippen molar-refractivity contribution in [3.8, 4) is 0 Å². The molecule has 0 bridgehead atoms. The van der Waals surface area contributed by atoms with E-state index in [2.05, 4.69) is 16.0 Å². The van der Waals surface area contributed by atoms with Crippen LogP contribution >= 0.6 is 0 Å². The molecular weight excluding hydrogens is 352 g/mol. The van der Waals surface area contributed by atoms with E-state index < -0.39 is 16.7 Å². The molecule has 2 aromatic rings. The summed E-state index contributed by atoms with van der Waals surface area (Å²) in [6.07, 6.45) is 0. The number of amides is 3. The molecule has 2 rings (SSSR count). The Morgan fingerprint density at radius 1 is 0.963 bits per heavy atom. The van der Waals surface area contributed by atoms with Crippen molar-refractivity contribution < 1.29 is 19.3 Å². The summed E-state index contributed by atoms with van der Waals surface area (Å²) in [5.41, 5.74) is 0.814. The van der Waals surface area contributed by atoms with Gasteiger partial charge in [-0.1, -0.05) is 6.07 Å². The van der Waals surface area contributed by atoms with E-state index in [1.807, 2.05) is 6.92 Å². The molecule has 9 heteroatoms. The van der Waals surface area contributed by atoms with Gasteiger partial charge < -0.3 is 16.0 Å². The number of nitrogens with zero attached hydrogens (tertiary/aromatic N) is 1. The van der Waals surface area contributed by atoms with Gasteiger partial charge in [0.15, 0.2) is 0 Å². The van der Waals surface area contributed by atoms with Crippen molar-refractivity contribution in [3.63, 3.8) is 0 Å². The van der Waals surface area contributed by atoms with Crippen molar-refractivity contribution in [2.75, 3.05) is 18.4 Å². The molecule has 0 aliphatic carbocycles. The van der Waals surface area contributed by atoms with Crippen molar-refractivity contribution in [2.24, 2.45) is 0 Å². The lowest BCUT2D eigenvalue weighted by Crippen LogP contribution is -2.32. The standard InChI is InChI=1S/C18H18N4O5/c1-2-19-17(24)12-6-8-14(9-7-12)21-16(23)11-20-18(25)13-4-3-5-15(10-13)22(26)27/h3-10H,2,11H2,1H3,(H,19,24)(H,20,25)(H,21,23). The summed E-state index contributed by atoms with van der Waals surface area (Å²) in [6.45, 7) is 2.02. The van der Waals surface area contributed by atoms with Crippen LogP contribution in [0.3, 0.4) is 0 Å². The summed E-state index contributed by atoms with van der Waals surface area (Å²) >= 11 is 0. The molecule has 27 heavy (non-hydrogen) atoms. The van der Waals surface area contributed by atoms with Crippen molar-refractivity contribution in [2.45, 2.75) is 6.92 Å². The third-order valence-corrected chi connectivity index (χ3v) is 3.50. The van der Waals surface area contributed by atoms with Gasteiger partial charge in [0.05, 0.1) is 11.5 Å². The maximum atomic E-state index is 12.0. The molecule has 3 amide bonds. The zero-order chi connectivity index (χ0) is 19.8. The monoisotopic (exact) mass is 370 g/mol. The normalized spacial score (nSPS) is 9.96. The molecule has 0 atom stereocenters. The molecular formula is C18H18N4O5. The number of nitrogens with one attached hydrogen (secondary N) is 3. The zero-order valence-electron chi connectivity index (χ0n) is 14.5. The zero-order valence-corrected chi connectivity index (χ0v) is 14.5. The predicted molar refractivity (Wildman–Crippen MR) is 98.5 cm³/mol. The Kier molecular flexibility index (Phi) is 6.59. The minimum absolute atomic E-state index is 0.0864. The van der Waals surface area contributed by atoms with Crippen LogP contribution < -0.4 is 16.0 Å². The molecule has 0 aromatic heterocycles. The first kappa shape index (κ1) is 19.6. The number of nitro groups is 1. The number of nitro benzene ring substituents is 1. The van der Waals surface area contributed by atoms with E-state index in [4.69, 9.17) is 0 Å². The van der Waals surface area contributed by atoms with E-state index in [1.165, 1.54) is 18.2 Å². The molecule has 9 nitrogen and oxygen atoms in total. The number of anilines is 1. The van der Waals surface area contributed by atoms with Gasteiger partial charge in [-0.3, -0.25) is 24.5 Å². The fourth-order valence-electron chi connectivity index (χ4n) is 2.20. The van der Waals surface area contributed by atoms with Crippen LogP contribution in [-0.4, -0.2) is 35.7 Å². The summed E-state index contributed by atoms with van der Waals surface area (Å²) in [6, 6.07) is 11.5. The van der Waals surface area contributed by atoms with E-state index in [-0.39, 0.29) is 23.7 Å². The number of hydrogen-bond donors (Lipinski definition) is 3. The molecule has 0 unspecified atom stereocenters. The molecule has 0 saturated heterocycles. The number of non-ortho nitro benzene ring substituents is 1. The largest absolute Gasteiger partial charge is 0.352 e. The number of carbonyl (C=O) groups excluding carboxylic acids is 3. The van der Waals surface area contributed by atoms with Gasteiger partial charge in [0.25, 0.3) is 17.5 Å². The molecule has 0 spiro atoms. The van der Waals surface area contributed by atoms with Crippen molar-refractivity contribution in [1.29, 1.82) is 0 Å². The highest BCUT2D eigenvalue weighted by Gasteiger charge is 2.12. The van der Waals surface area contributed by atoms with Gasteiger partial charge in [-0.25, -0.2) is 0 Å². The first-order chi connectivity index (χ1) is 12.9. The molecule has 0 radical (unpaired) electrons. The van der Waals surface area contributed by atoms with Crippen molar-refractivity contribution >= 4 is 29.1 Å². The van der Waals surface area contributed by atoms with Gasteiger partial charge in [-0.15, -0.1) is 0 Å². The van der Waals surface area contributed by atoms with Crippen LogP contribution in [0.5, 0.6) is 0 Å². The highest BCUT2D eigenvalue weighted by atomic mass is 16.6. The van der Waals surface area contributed by atoms with Crippen LogP contribution in [0.25, 0.3) is 0 Å². The molecule has 3 N–H and O–H groups in total. The Morgan fingerprint density at radius 2 is 1.63 bits per heavy atom. The second-order valence-electron chi connectivity index (χ2n) is 5.48. The molecule has 0 saturated carbocycles. The predicted octanol–water partition coefficient (Wildman–Crippen LogP) is 1.71. The van der Waals surface area contributed by atoms with Gasteiger partial charge in [0.2, 0.25) is 5.91 Å². The van der Waals surface area contributed by atoms with Crippen LogP contribution in [0.1, 0.15) is 27.6 Å². The summed E-state index contributed by atoms with van der Waals surface area (Å²) in [7, 11) is 0. The van der Waals surface area contributed by atoms with Crippen LogP contribution in [0.15, 0.2) is 48.5 Å². The first-order valence-electron chi connectivity index (χ1n) is 8.11. The van der Waals surface area contributed by atoms with Gasteiger partial charge in [-0.2, -0.15) is 0 Å². The highest BCUT2D eigenvalue weighted by Crippen LogP contribution is 2.13. The minimum Gasteiger partial charge on any atom is -0.352 e. The molecule has 140 valence electrons. The van der Waals surface area contributed by atoms with E-state index in [0.29, 0.717) is 17.8 Å². The SMILES string of the molecule is CCNC(=O)c1ccc(NC(=O)CNC(=O)c2cccc([N+](=O)[O-])c2)cc1. The smallest absolute Gasteiger partial charge is 0.270 e. The van der Waals surface area contributed by atoms with Crippen molar-refractivity contribution in [3.05, 3.63) is 69.8 Å². The first-order valence-corrected chi connectivity index (χ1v) is 8.11. The van der Waals surface area contributed by atoms with Gasteiger partial charge in [0.1, 0.15) is 0 Å². The Morgan fingerprint density at radius 3 is 2.26 bits per heavy atom. The maximum Gasteiger partial charge on any atom is 0.270 e. The van der Waals surface area contributed by atoms with Crippen molar-refractivity contribution in [1.82, 2.24) is 10.6 Å². The Hall–Kier alpha value is -3.75. The fourth-order valence-corrected chi connectivity index (χ4v) is 2.20. The van der Waals surface area contributed by atoms with Gasteiger partial charge in [0, 0.05) is 35.5 Å². The Bertz CT molecular complexity index is 864. The topological polar surface area (TPSA) is 130 Å². The number of hydrogen-bond acceptors (Lipinski definition) is 5. The van der Waals surface area contributed by atoms with E-state index >= 15 is 0 Å². The second-order valence-corrected chi connectivity index (χ2v) is 5.48. The third kappa shape index (κ3) is 5.63. The Labute approximate surface area is 154 Å². The lowest BCUT2D eigenvalue weighted by atomic mass is 10.2. The van der Waals surface area contributed by atoms with Crippen LogP contribution in [0, 0.1) is 10.1 Å². The van der Waals surface area contributed by atoms with E-state index in [9.17, 15) is 24.5 Å². The summed E-state index contributed by atoms with van der Waals surface area (Å²) in [5.74, 6) is -1.28. The summed E-state index contributed by atoms with van der Waals surface area (Å²) in [4.78, 5) is 45.7. The third-order valence-electron chi connectivity index (χ3n) is 3.50. The number of benzene rings is 2. The van der Waals surface area contributed by atoms with E-state index in [1.54, 1.807) is 24.3 Å². The maximum absolute atomic E-state index is 12.0. The van der Waals surface area contributed by atoms with Gasteiger partial charge in [-0.05, 0) is 37.3 Å². The van der Waals surface area contributed by atoms with Crippen LogP contribution in [-0.2, 0) is 4.79 Å². The van der Waals surface area contributed by atoms with Crippen LogP contribution in [0.4, 0.5) is 11.4 Å². The van der Waals surface area contributed by atoms with Gasteiger partial charge >= 0.3 is 0 Å². The minimum atomic E-state index is -0.603. The average molecular weight is 370 g/mol. The molecule has 0 fully saturated rings. The lowest BCUT2D eigenvalue weighted by Gasteiger charge is -2.08. The fraction of sp³-hybridized carbons (Fsp3) is 0.167. The number of carbonyl (C=O) groups is 3. The highest BCUT2D eigenvalue weighted by molar-refractivity contribution is 6.00. The summed E-state index contributed by atoms with van der Waals surface area (Å²) < 4.78 is 0.